The van der Waals surface area contributed by atoms with E-state index in [0.717, 1.165) is 32.1 Å². The van der Waals surface area contributed by atoms with Gasteiger partial charge in [-0.1, -0.05) is 134 Å². The van der Waals surface area contributed by atoms with Gasteiger partial charge in [0.15, 0.2) is 0 Å². The van der Waals surface area contributed by atoms with Crippen LogP contribution in [0, 0.1) is 0 Å². The number of hydrogen-bond donors (Lipinski definition) is 3. The van der Waals surface area contributed by atoms with Gasteiger partial charge in [-0.05, 0) is 51.4 Å². The molecule has 0 aromatic carbocycles. The lowest BCUT2D eigenvalue weighted by Crippen LogP contribution is -2.45. The molecule has 0 aliphatic carbocycles. The zero-order valence-electron chi connectivity index (χ0n) is 25.2. The number of nitrogens with one attached hydrogen (secondary N) is 1. The largest absolute Gasteiger partial charge is 0.394 e. The number of aliphatic hydroxyl groups is 2. The second-order valence-corrected chi connectivity index (χ2v) is 10.9. The van der Waals surface area contributed by atoms with Crippen molar-refractivity contribution in [1.29, 1.82) is 0 Å². The summed E-state index contributed by atoms with van der Waals surface area (Å²) in [4.78, 5) is 12.2. The first-order chi connectivity index (χ1) is 18.7. The molecule has 0 radical (unpaired) electrons. The van der Waals surface area contributed by atoms with Crippen LogP contribution in [0.3, 0.4) is 0 Å². The highest BCUT2D eigenvalue weighted by Crippen LogP contribution is 2.11. The first-order valence-corrected chi connectivity index (χ1v) is 16.2. The van der Waals surface area contributed by atoms with Gasteiger partial charge in [-0.2, -0.15) is 0 Å². The molecule has 0 aromatic rings. The zero-order valence-corrected chi connectivity index (χ0v) is 25.2. The number of aliphatic hydroxyl groups excluding tert-OH is 2. The van der Waals surface area contributed by atoms with Crippen LogP contribution in [-0.4, -0.2) is 34.9 Å². The molecule has 3 N–H and O–H groups in total. The molecule has 0 saturated carbocycles. The normalized spacial score (nSPS) is 13.7. The Balaban J connectivity index is 3.66. The Bertz CT molecular complexity index is 584. The van der Waals surface area contributed by atoms with Crippen LogP contribution in [0.2, 0.25) is 0 Å². The van der Waals surface area contributed by atoms with Crippen LogP contribution in [-0.2, 0) is 4.79 Å². The minimum atomic E-state index is -0.838. The van der Waals surface area contributed by atoms with Crippen LogP contribution >= 0.6 is 0 Å². The van der Waals surface area contributed by atoms with E-state index < -0.39 is 12.1 Å². The molecule has 2 unspecified atom stereocenters. The van der Waals surface area contributed by atoms with E-state index in [4.69, 9.17) is 0 Å². The van der Waals surface area contributed by atoms with E-state index in [2.05, 4.69) is 43.5 Å². The van der Waals surface area contributed by atoms with Gasteiger partial charge in [-0.3, -0.25) is 4.79 Å². The van der Waals surface area contributed by atoms with Crippen molar-refractivity contribution in [1.82, 2.24) is 5.32 Å². The van der Waals surface area contributed by atoms with Crippen molar-refractivity contribution in [2.24, 2.45) is 0 Å². The van der Waals surface area contributed by atoms with Gasteiger partial charge < -0.3 is 15.5 Å². The highest BCUT2D eigenvalue weighted by atomic mass is 16.3. The molecule has 4 heteroatoms. The smallest absolute Gasteiger partial charge is 0.220 e. The van der Waals surface area contributed by atoms with Gasteiger partial charge in [-0.25, -0.2) is 0 Å². The van der Waals surface area contributed by atoms with E-state index in [1.165, 1.54) is 103 Å². The summed E-state index contributed by atoms with van der Waals surface area (Å²) in [5, 5.41) is 22.7. The minimum Gasteiger partial charge on any atom is -0.394 e. The maximum atomic E-state index is 12.2. The molecule has 0 saturated heterocycles. The minimum absolute atomic E-state index is 0.0776. The number of amides is 1. The summed E-state index contributed by atoms with van der Waals surface area (Å²) in [5.74, 6) is -0.0776. The maximum absolute atomic E-state index is 12.2. The summed E-state index contributed by atoms with van der Waals surface area (Å²) in [6.07, 6.45) is 37.9. The van der Waals surface area contributed by atoms with Crippen LogP contribution in [0.1, 0.15) is 155 Å². The summed E-state index contributed by atoms with van der Waals surface area (Å²) in [6.45, 7) is 4.23. The van der Waals surface area contributed by atoms with E-state index in [1.807, 2.05) is 6.08 Å². The Hall–Kier alpha value is -1.39. The molecule has 0 heterocycles. The van der Waals surface area contributed by atoms with Gasteiger partial charge in [0, 0.05) is 6.42 Å². The predicted octanol–water partition coefficient (Wildman–Crippen LogP) is 9.12. The standard InChI is InChI=1S/C34H63NO3/c1-3-5-7-9-11-13-14-15-16-17-18-19-20-22-24-26-28-30-34(38)35-32(31-36)33(37)29-27-25-23-21-12-10-8-6-4-2/h11,13,15-16,27,29,32-33,36-37H,3-10,12,14,17-26,28,30-31H2,1-2H3,(H,35,38)/b13-11-,16-15-,29-27+. The number of allylic oxidation sites excluding steroid dienone is 5. The molecular weight excluding hydrogens is 470 g/mol. The lowest BCUT2D eigenvalue weighted by molar-refractivity contribution is -0.123. The predicted molar refractivity (Wildman–Crippen MR) is 165 cm³/mol. The fourth-order valence-corrected chi connectivity index (χ4v) is 4.56. The Kier molecular flexibility index (Phi) is 29.1. The molecule has 1 amide bonds. The second-order valence-electron chi connectivity index (χ2n) is 10.9. The monoisotopic (exact) mass is 533 g/mol. The third kappa shape index (κ3) is 26.2. The molecule has 222 valence electrons. The Morgan fingerprint density at radius 3 is 1.63 bits per heavy atom. The van der Waals surface area contributed by atoms with Crippen molar-refractivity contribution in [3.63, 3.8) is 0 Å². The Morgan fingerprint density at radius 2 is 1.08 bits per heavy atom. The lowest BCUT2D eigenvalue weighted by atomic mass is 10.1. The molecule has 0 aliphatic rings. The first kappa shape index (κ1) is 36.6. The molecule has 0 aliphatic heterocycles. The molecule has 0 spiro atoms. The van der Waals surface area contributed by atoms with Crippen molar-refractivity contribution in [2.75, 3.05) is 6.61 Å². The number of carbonyl (C=O) groups excluding carboxylic acids is 1. The van der Waals surface area contributed by atoms with Crippen molar-refractivity contribution in [2.45, 2.75) is 167 Å². The average molecular weight is 534 g/mol. The van der Waals surface area contributed by atoms with Crippen LogP contribution in [0.4, 0.5) is 0 Å². The molecule has 38 heavy (non-hydrogen) atoms. The molecular formula is C34H63NO3. The number of hydrogen-bond acceptors (Lipinski definition) is 3. The molecule has 0 fully saturated rings. The highest BCUT2D eigenvalue weighted by molar-refractivity contribution is 5.76. The van der Waals surface area contributed by atoms with Crippen molar-refractivity contribution >= 4 is 5.91 Å². The highest BCUT2D eigenvalue weighted by Gasteiger charge is 2.17. The van der Waals surface area contributed by atoms with E-state index >= 15 is 0 Å². The summed E-state index contributed by atoms with van der Waals surface area (Å²) in [7, 11) is 0. The molecule has 2 atom stereocenters. The summed E-state index contributed by atoms with van der Waals surface area (Å²) in [5.41, 5.74) is 0. The van der Waals surface area contributed by atoms with Crippen molar-refractivity contribution in [3.05, 3.63) is 36.5 Å². The van der Waals surface area contributed by atoms with Gasteiger partial charge in [0.05, 0.1) is 18.8 Å². The number of unbranched alkanes of at least 4 members (excludes halogenated alkanes) is 17. The van der Waals surface area contributed by atoms with E-state index in [0.29, 0.717) is 6.42 Å². The summed E-state index contributed by atoms with van der Waals surface area (Å²) < 4.78 is 0. The van der Waals surface area contributed by atoms with Gasteiger partial charge in [-0.15, -0.1) is 0 Å². The Labute approximate surface area is 236 Å². The number of rotatable bonds is 28. The van der Waals surface area contributed by atoms with Gasteiger partial charge in [0.1, 0.15) is 0 Å². The molecule has 0 aromatic heterocycles. The zero-order chi connectivity index (χ0) is 27.9. The van der Waals surface area contributed by atoms with Crippen LogP contribution in [0.15, 0.2) is 36.5 Å². The molecule has 4 nitrogen and oxygen atoms in total. The van der Waals surface area contributed by atoms with E-state index in [-0.39, 0.29) is 12.5 Å². The van der Waals surface area contributed by atoms with Gasteiger partial charge in [0.25, 0.3) is 0 Å². The quantitative estimate of drug-likeness (QED) is 0.0693. The fraction of sp³-hybridized carbons (Fsp3) is 0.794. The molecule has 0 bridgehead atoms. The van der Waals surface area contributed by atoms with Crippen LogP contribution in [0.25, 0.3) is 0 Å². The first-order valence-electron chi connectivity index (χ1n) is 16.2. The van der Waals surface area contributed by atoms with E-state index in [1.54, 1.807) is 6.08 Å². The third-order valence-corrected chi connectivity index (χ3v) is 7.12. The second kappa shape index (κ2) is 30.2. The van der Waals surface area contributed by atoms with E-state index in [9.17, 15) is 15.0 Å². The van der Waals surface area contributed by atoms with Crippen LogP contribution < -0.4 is 5.32 Å². The van der Waals surface area contributed by atoms with Crippen molar-refractivity contribution < 1.29 is 15.0 Å². The average Bonchev–Trinajstić information content (AvgIpc) is 2.92. The molecule has 0 rings (SSSR count). The van der Waals surface area contributed by atoms with Gasteiger partial charge >= 0.3 is 0 Å². The van der Waals surface area contributed by atoms with Crippen molar-refractivity contribution in [3.8, 4) is 0 Å². The van der Waals surface area contributed by atoms with Crippen LogP contribution in [0.5, 0.6) is 0 Å². The van der Waals surface area contributed by atoms with Gasteiger partial charge in [0.2, 0.25) is 5.91 Å². The SMILES string of the molecule is CCCCC/C=C\C/C=C\CCCCCCCCCC(=O)NC(CO)C(O)/C=C/CCCCCCCCC. The maximum Gasteiger partial charge on any atom is 0.220 e. The fourth-order valence-electron chi connectivity index (χ4n) is 4.56. The summed E-state index contributed by atoms with van der Waals surface area (Å²) in [6, 6.07) is -0.622. The lowest BCUT2D eigenvalue weighted by Gasteiger charge is -2.20. The summed E-state index contributed by atoms with van der Waals surface area (Å²) >= 11 is 0. The third-order valence-electron chi connectivity index (χ3n) is 7.12. The topological polar surface area (TPSA) is 69.6 Å². The Morgan fingerprint density at radius 1 is 0.632 bits per heavy atom. The number of carbonyl (C=O) groups is 1.